The third-order valence-corrected chi connectivity index (χ3v) is 6.21. The van der Waals surface area contributed by atoms with Crippen molar-refractivity contribution in [2.75, 3.05) is 20.3 Å². The summed E-state index contributed by atoms with van der Waals surface area (Å²) in [4.78, 5) is 0.254. The third-order valence-electron chi connectivity index (χ3n) is 3.31. The molecule has 0 amide bonds. The van der Waals surface area contributed by atoms with Gasteiger partial charge in [0, 0.05) is 24.7 Å². The van der Waals surface area contributed by atoms with Crippen LogP contribution in [0.4, 0.5) is 0 Å². The molecule has 0 aromatic heterocycles. The van der Waals surface area contributed by atoms with Crippen LogP contribution in [0.1, 0.15) is 12.0 Å². The van der Waals surface area contributed by atoms with Gasteiger partial charge in [-0.25, -0.2) is 8.42 Å². The second-order valence-corrected chi connectivity index (χ2v) is 7.33. The standard InChI is InChI=1S/C12H17BrN2O3S/c1-15(10-4-5-18-8-10)19(16,17)12-6-9(7-14)2-3-11(12)13/h2-3,6,10H,4-5,7-8,14H2,1H3. The molecule has 5 nitrogen and oxygen atoms in total. The predicted octanol–water partition coefficient (Wildman–Crippen LogP) is 1.32. The Morgan fingerprint density at radius 2 is 2.26 bits per heavy atom. The number of likely N-dealkylation sites (N-methyl/N-ethyl adjacent to an activating group) is 1. The van der Waals surface area contributed by atoms with Crippen LogP contribution in [0.3, 0.4) is 0 Å². The molecule has 19 heavy (non-hydrogen) atoms. The number of rotatable bonds is 4. The minimum atomic E-state index is -3.53. The lowest BCUT2D eigenvalue weighted by atomic mass is 10.2. The number of hydrogen-bond acceptors (Lipinski definition) is 4. The van der Waals surface area contributed by atoms with Crippen molar-refractivity contribution in [1.82, 2.24) is 4.31 Å². The molecule has 106 valence electrons. The molecule has 1 atom stereocenters. The van der Waals surface area contributed by atoms with Crippen LogP contribution in [0.2, 0.25) is 0 Å². The topological polar surface area (TPSA) is 72.6 Å². The summed E-state index contributed by atoms with van der Waals surface area (Å²) < 4.78 is 32.4. The molecule has 7 heteroatoms. The zero-order valence-corrected chi connectivity index (χ0v) is 13.1. The number of hydrogen-bond donors (Lipinski definition) is 1. The van der Waals surface area contributed by atoms with Crippen molar-refractivity contribution in [1.29, 1.82) is 0 Å². The van der Waals surface area contributed by atoms with Gasteiger partial charge in [0.25, 0.3) is 0 Å². The first-order valence-electron chi connectivity index (χ1n) is 6.01. The number of nitrogens with two attached hydrogens (primary N) is 1. The Balaban J connectivity index is 2.38. The highest BCUT2D eigenvalue weighted by Gasteiger charge is 2.31. The average molecular weight is 349 g/mol. The van der Waals surface area contributed by atoms with Crippen LogP contribution < -0.4 is 5.73 Å². The van der Waals surface area contributed by atoms with E-state index >= 15 is 0 Å². The van der Waals surface area contributed by atoms with Crippen molar-refractivity contribution in [3.8, 4) is 0 Å². The quantitative estimate of drug-likeness (QED) is 0.890. The molecule has 1 aromatic carbocycles. The van der Waals surface area contributed by atoms with E-state index in [0.717, 1.165) is 12.0 Å². The largest absolute Gasteiger partial charge is 0.380 e. The number of nitrogens with zero attached hydrogens (tertiary/aromatic N) is 1. The first-order chi connectivity index (χ1) is 8.96. The van der Waals surface area contributed by atoms with Gasteiger partial charge in [-0.05, 0) is 40.0 Å². The highest BCUT2D eigenvalue weighted by atomic mass is 79.9. The summed E-state index contributed by atoms with van der Waals surface area (Å²) in [5.41, 5.74) is 6.36. The maximum absolute atomic E-state index is 12.6. The minimum absolute atomic E-state index is 0.0987. The van der Waals surface area contributed by atoms with Gasteiger partial charge < -0.3 is 10.5 Å². The molecule has 0 radical (unpaired) electrons. The molecule has 1 heterocycles. The summed E-state index contributed by atoms with van der Waals surface area (Å²) in [7, 11) is -1.94. The molecule has 1 fully saturated rings. The molecular weight excluding hydrogens is 332 g/mol. The number of sulfonamides is 1. The maximum Gasteiger partial charge on any atom is 0.244 e. The van der Waals surface area contributed by atoms with E-state index in [1.807, 2.05) is 6.07 Å². The lowest BCUT2D eigenvalue weighted by molar-refractivity contribution is 0.181. The van der Waals surface area contributed by atoms with Gasteiger partial charge in [0.1, 0.15) is 0 Å². The van der Waals surface area contributed by atoms with Crippen LogP contribution in [0, 0.1) is 0 Å². The normalized spacial score (nSPS) is 20.1. The summed E-state index contributed by atoms with van der Waals surface area (Å²) in [6.07, 6.45) is 0.726. The van der Waals surface area contributed by atoms with Crippen molar-refractivity contribution >= 4 is 26.0 Å². The molecule has 0 saturated carbocycles. The van der Waals surface area contributed by atoms with E-state index in [0.29, 0.717) is 24.2 Å². The lowest BCUT2D eigenvalue weighted by Gasteiger charge is -2.23. The van der Waals surface area contributed by atoms with Crippen LogP contribution in [0.5, 0.6) is 0 Å². The average Bonchev–Trinajstić information content (AvgIpc) is 2.92. The highest BCUT2D eigenvalue weighted by Crippen LogP contribution is 2.28. The zero-order valence-electron chi connectivity index (χ0n) is 10.7. The Morgan fingerprint density at radius 1 is 1.53 bits per heavy atom. The zero-order chi connectivity index (χ0) is 14.0. The van der Waals surface area contributed by atoms with Crippen molar-refractivity contribution in [3.63, 3.8) is 0 Å². The summed E-state index contributed by atoms with van der Waals surface area (Å²) in [6.45, 7) is 1.37. The molecule has 2 N–H and O–H groups in total. The van der Waals surface area contributed by atoms with Gasteiger partial charge >= 0.3 is 0 Å². The smallest absolute Gasteiger partial charge is 0.244 e. The Bertz CT molecular complexity index is 556. The van der Waals surface area contributed by atoms with E-state index in [-0.39, 0.29) is 10.9 Å². The van der Waals surface area contributed by atoms with Crippen molar-refractivity contribution in [2.24, 2.45) is 5.73 Å². The van der Waals surface area contributed by atoms with E-state index in [2.05, 4.69) is 15.9 Å². The highest BCUT2D eigenvalue weighted by molar-refractivity contribution is 9.10. The van der Waals surface area contributed by atoms with Crippen LogP contribution in [0.25, 0.3) is 0 Å². The molecule has 0 aliphatic carbocycles. The Kier molecular flexibility index (Phi) is 4.62. The van der Waals surface area contributed by atoms with Gasteiger partial charge in [0.05, 0.1) is 17.5 Å². The van der Waals surface area contributed by atoms with Gasteiger partial charge in [-0.2, -0.15) is 4.31 Å². The first-order valence-corrected chi connectivity index (χ1v) is 8.24. The predicted molar refractivity (Wildman–Crippen MR) is 76.2 cm³/mol. The summed E-state index contributed by atoms with van der Waals surface area (Å²) in [5, 5.41) is 0. The fourth-order valence-electron chi connectivity index (χ4n) is 2.03. The number of benzene rings is 1. The fraction of sp³-hybridized carbons (Fsp3) is 0.500. The summed E-state index contributed by atoms with van der Waals surface area (Å²) in [5.74, 6) is 0. The first kappa shape index (κ1) is 14.9. The van der Waals surface area contributed by atoms with E-state index < -0.39 is 10.0 Å². The van der Waals surface area contributed by atoms with E-state index in [1.54, 1.807) is 19.2 Å². The molecule has 1 saturated heterocycles. The molecule has 0 spiro atoms. The van der Waals surface area contributed by atoms with Crippen LogP contribution >= 0.6 is 15.9 Å². The van der Waals surface area contributed by atoms with Crippen molar-refractivity contribution < 1.29 is 13.2 Å². The third kappa shape index (κ3) is 3.00. The summed E-state index contributed by atoms with van der Waals surface area (Å²) >= 11 is 3.29. The van der Waals surface area contributed by atoms with Crippen molar-refractivity contribution in [2.45, 2.75) is 23.9 Å². The molecule has 1 aliphatic rings. The van der Waals surface area contributed by atoms with E-state index in [9.17, 15) is 8.42 Å². The molecular formula is C12H17BrN2O3S. The minimum Gasteiger partial charge on any atom is -0.380 e. The van der Waals surface area contributed by atoms with Crippen LogP contribution in [-0.2, 0) is 21.3 Å². The van der Waals surface area contributed by atoms with Crippen molar-refractivity contribution in [3.05, 3.63) is 28.2 Å². The molecule has 1 aromatic rings. The number of halogens is 1. The Morgan fingerprint density at radius 3 is 2.84 bits per heavy atom. The van der Waals surface area contributed by atoms with E-state index in [4.69, 9.17) is 10.5 Å². The van der Waals surface area contributed by atoms with Gasteiger partial charge in [-0.3, -0.25) is 0 Å². The number of ether oxygens (including phenoxy) is 1. The SMILES string of the molecule is CN(C1CCOC1)S(=O)(=O)c1cc(CN)ccc1Br. The molecule has 1 unspecified atom stereocenters. The van der Waals surface area contributed by atoms with Gasteiger partial charge in [0.2, 0.25) is 10.0 Å². The lowest BCUT2D eigenvalue weighted by Crippen LogP contribution is -2.37. The second kappa shape index (κ2) is 5.88. The van der Waals surface area contributed by atoms with E-state index in [1.165, 1.54) is 4.31 Å². The monoisotopic (exact) mass is 348 g/mol. The van der Waals surface area contributed by atoms with Gasteiger partial charge in [0.15, 0.2) is 0 Å². The molecule has 1 aliphatic heterocycles. The molecule has 2 rings (SSSR count). The van der Waals surface area contributed by atoms with Gasteiger partial charge in [-0.1, -0.05) is 6.07 Å². The van der Waals surface area contributed by atoms with Gasteiger partial charge in [-0.15, -0.1) is 0 Å². The second-order valence-electron chi connectivity index (χ2n) is 4.51. The van der Waals surface area contributed by atoms with Crippen LogP contribution in [-0.4, -0.2) is 39.0 Å². The summed E-state index contributed by atoms with van der Waals surface area (Å²) in [6, 6.07) is 5.04. The molecule has 0 bridgehead atoms. The Hall–Kier alpha value is -0.470. The fourth-order valence-corrected chi connectivity index (χ4v) is 4.38. The van der Waals surface area contributed by atoms with Crippen LogP contribution in [0.15, 0.2) is 27.6 Å². The Labute approximate surface area is 121 Å². The maximum atomic E-state index is 12.6.